The van der Waals surface area contributed by atoms with Gasteiger partial charge in [0.2, 0.25) is 29.5 Å². The summed E-state index contributed by atoms with van der Waals surface area (Å²) >= 11 is 4.21. The Morgan fingerprint density at radius 1 is 1.22 bits per heavy atom. The highest BCUT2D eigenvalue weighted by atomic mass is 32.1. The Bertz CT molecular complexity index is 1370. The maximum Gasteiger partial charge on any atom is 0.268 e. The minimum atomic E-state index is -3.17. The molecular formula is C31H40F2N6O5S. The first-order valence-electron chi connectivity index (χ1n) is 15.3. The average Bonchev–Trinajstić information content (AvgIpc) is 3.68. The van der Waals surface area contributed by atoms with Crippen LogP contribution < -0.4 is 16.0 Å². The number of nitrogens with zero attached hydrogens (tertiary/aromatic N) is 3. The summed E-state index contributed by atoms with van der Waals surface area (Å²) in [5, 5.41) is 17.3. The lowest BCUT2D eigenvalue weighted by Crippen LogP contribution is -2.48. The molecule has 0 saturated carbocycles. The molecule has 244 valence electrons. The Labute approximate surface area is 266 Å². The van der Waals surface area contributed by atoms with E-state index in [4.69, 9.17) is 0 Å². The van der Waals surface area contributed by atoms with Gasteiger partial charge < -0.3 is 25.8 Å². The van der Waals surface area contributed by atoms with E-state index in [1.165, 1.54) is 0 Å². The molecule has 3 aliphatic rings. The van der Waals surface area contributed by atoms with E-state index >= 15 is 0 Å². The number of thiol groups is 1. The predicted molar refractivity (Wildman–Crippen MR) is 163 cm³/mol. The highest BCUT2D eigenvalue weighted by molar-refractivity contribution is 7.80. The normalized spacial score (nSPS) is 22.5. The van der Waals surface area contributed by atoms with Crippen LogP contribution in [-0.4, -0.2) is 82.2 Å². The Morgan fingerprint density at radius 2 is 1.98 bits per heavy atom. The number of hydrogen-bond acceptors (Lipinski definition) is 7. The summed E-state index contributed by atoms with van der Waals surface area (Å²) in [6.07, 6.45) is 0.460. The minimum absolute atomic E-state index is 0.0200. The minimum Gasteiger partial charge on any atom is -0.354 e. The van der Waals surface area contributed by atoms with Crippen molar-refractivity contribution in [1.29, 1.82) is 5.26 Å². The molecule has 4 rings (SSSR count). The summed E-state index contributed by atoms with van der Waals surface area (Å²) in [6, 6.07) is 4.31. The fourth-order valence-corrected chi connectivity index (χ4v) is 6.26. The zero-order valence-corrected chi connectivity index (χ0v) is 26.4. The number of rotatable bonds is 12. The van der Waals surface area contributed by atoms with E-state index in [1.807, 2.05) is 18.2 Å². The summed E-state index contributed by atoms with van der Waals surface area (Å²) in [5.74, 6) is -5.45. The number of halogens is 2. The Hall–Kier alpha value is -3.73. The molecule has 1 aromatic rings. The molecule has 0 spiro atoms. The summed E-state index contributed by atoms with van der Waals surface area (Å²) in [4.78, 5) is 66.3. The van der Waals surface area contributed by atoms with Crippen molar-refractivity contribution < 1.29 is 32.8 Å². The fraction of sp³-hybridized carbons (Fsp3) is 0.613. The molecule has 3 aliphatic heterocycles. The first-order valence-corrected chi connectivity index (χ1v) is 15.9. The molecule has 1 aromatic carbocycles. The molecule has 3 N–H and O–H groups in total. The molecule has 0 bridgehead atoms. The topological polar surface area (TPSA) is 152 Å². The molecule has 0 aromatic heterocycles. The number of fused-ring (bicyclic) bond motifs is 1. The average molecular weight is 647 g/mol. The van der Waals surface area contributed by atoms with Gasteiger partial charge in [-0.25, -0.2) is 8.78 Å². The first kappa shape index (κ1) is 34.1. The number of carbonyl (C=O) groups excluding carboxylic acids is 5. The van der Waals surface area contributed by atoms with Crippen LogP contribution >= 0.6 is 12.6 Å². The van der Waals surface area contributed by atoms with Crippen LogP contribution in [0.5, 0.6) is 0 Å². The van der Waals surface area contributed by atoms with E-state index in [1.54, 1.807) is 11.0 Å². The van der Waals surface area contributed by atoms with Crippen molar-refractivity contribution in [2.24, 2.45) is 11.8 Å². The molecule has 5 amide bonds. The van der Waals surface area contributed by atoms with Gasteiger partial charge in [-0.3, -0.25) is 24.0 Å². The van der Waals surface area contributed by atoms with E-state index in [-0.39, 0.29) is 42.7 Å². The molecule has 45 heavy (non-hydrogen) atoms. The standard InChI is InChI=1S/C31H40F2N6O5S/c1-18(2)8-9-35-29(43)25(16-45)36-26(40)7-6-19-4-3-5-20-14-38(15-23(19)20)27(41)11-21-10-24(37-28(21)42)30(44)39-17-31(32,33)12-22(39)13-34/h3-5,18,21-22,24-25,45H,6-12,14-17H2,1-2H3,(H,35,43)(H,36,40)(H,37,42)/t21-,22-,24-,25?/m0/s1. The monoisotopic (exact) mass is 646 g/mol. The summed E-state index contributed by atoms with van der Waals surface area (Å²) in [7, 11) is 0. The SMILES string of the molecule is CC(C)CCNC(=O)C(CS)NC(=O)CCc1cccc2c1CN(C(=O)C[C@@H]1C[C@@H](C(=O)N3CC(F)(F)C[C@H]3C#N)NC1=O)C2. The van der Waals surface area contributed by atoms with Crippen molar-refractivity contribution in [2.45, 2.75) is 89.5 Å². The molecule has 0 aliphatic carbocycles. The number of amides is 5. The Morgan fingerprint density at radius 3 is 2.67 bits per heavy atom. The lowest BCUT2D eigenvalue weighted by Gasteiger charge is -2.22. The van der Waals surface area contributed by atoms with E-state index in [2.05, 4.69) is 42.4 Å². The summed E-state index contributed by atoms with van der Waals surface area (Å²) < 4.78 is 27.7. The van der Waals surface area contributed by atoms with Crippen molar-refractivity contribution in [1.82, 2.24) is 25.8 Å². The van der Waals surface area contributed by atoms with Gasteiger partial charge in [-0.1, -0.05) is 32.0 Å². The fourth-order valence-electron chi connectivity index (χ4n) is 6.00. The van der Waals surface area contributed by atoms with Crippen LogP contribution in [0.25, 0.3) is 0 Å². The number of nitrogens with one attached hydrogen (secondary N) is 3. The van der Waals surface area contributed by atoms with Gasteiger partial charge in [0.1, 0.15) is 18.1 Å². The number of hydrogen-bond donors (Lipinski definition) is 4. The van der Waals surface area contributed by atoms with Crippen molar-refractivity contribution in [3.05, 3.63) is 34.9 Å². The predicted octanol–water partition coefficient (Wildman–Crippen LogP) is 1.69. The molecular weight excluding hydrogens is 606 g/mol. The smallest absolute Gasteiger partial charge is 0.268 e. The highest BCUT2D eigenvalue weighted by Crippen LogP contribution is 2.34. The molecule has 1 unspecified atom stereocenters. The van der Waals surface area contributed by atoms with Crippen LogP contribution in [-0.2, 0) is 43.5 Å². The molecule has 11 nitrogen and oxygen atoms in total. The number of carbonyl (C=O) groups is 5. The van der Waals surface area contributed by atoms with Crippen LogP contribution in [0.2, 0.25) is 0 Å². The lowest BCUT2D eigenvalue weighted by molar-refractivity contribution is -0.135. The van der Waals surface area contributed by atoms with Gasteiger partial charge >= 0.3 is 0 Å². The molecule has 0 radical (unpaired) electrons. The van der Waals surface area contributed by atoms with Crippen LogP contribution in [0.1, 0.15) is 62.6 Å². The number of alkyl halides is 2. The maximum absolute atomic E-state index is 13.8. The second-order valence-electron chi connectivity index (χ2n) is 12.4. The van der Waals surface area contributed by atoms with E-state index < -0.39 is 54.7 Å². The number of nitriles is 1. The number of aryl methyl sites for hydroxylation is 1. The van der Waals surface area contributed by atoms with Crippen LogP contribution in [0.4, 0.5) is 8.78 Å². The van der Waals surface area contributed by atoms with E-state index in [9.17, 15) is 38.0 Å². The van der Waals surface area contributed by atoms with Crippen molar-refractivity contribution in [3.63, 3.8) is 0 Å². The second kappa shape index (κ2) is 14.6. The van der Waals surface area contributed by atoms with Crippen LogP contribution in [0, 0.1) is 23.2 Å². The number of benzene rings is 1. The second-order valence-corrected chi connectivity index (χ2v) is 12.8. The van der Waals surface area contributed by atoms with Gasteiger partial charge in [0, 0.05) is 50.6 Å². The van der Waals surface area contributed by atoms with Crippen molar-refractivity contribution in [3.8, 4) is 6.07 Å². The van der Waals surface area contributed by atoms with Gasteiger partial charge in [0.05, 0.1) is 12.6 Å². The zero-order chi connectivity index (χ0) is 32.9. The molecule has 14 heteroatoms. The summed E-state index contributed by atoms with van der Waals surface area (Å²) in [6.45, 7) is 4.39. The lowest BCUT2D eigenvalue weighted by atomic mass is 9.99. The third-order valence-corrected chi connectivity index (χ3v) is 8.90. The molecule has 2 fully saturated rings. The Balaban J connectivity index is 1.28. The summed E-state index contributed by atoms with van der Waals surface area (Å²) in [5.41, 5.74) is 2.76. The van der Waals surface area contributed by atoms with Crippen molar-refractivity contribution in [2.75, 3.05) is 18.8 Å². The quantitative estimate of drug-likeness (QED) is 0.254. The third-order valence-electron chi connectivity index (χ3n) is 8.54. The van der Waals surface area contributed by atoms with Gasteiger partial charge in [0.25, 0.3) is 5.92 Å². The Kier molecular flexibility index (Phi) is 11.1. The van der Waals surface area contributed by atoms with Gasteiger partial charge in [-0.2, -0.15) is 17.9 Å². The molecule has 4 atom stereocenters. The van der Waals surface area contributed by atoms with Crippen LogP contribution in [0.3, 0.4) is 0 Å². The largest absolute Gasteiger partial charge is 0.354 e. The number of likely N-dealkylation sites (tertiary alicyclic amines) is 1. The zero-order valence-electron chi connectivity index (χ0n) is 25.5. The van der Waals surface area contributed by atoms with Crippen LogP contribution in [0.15, 0.2) is 18.2 Å². The van der Waals surface area contributed by atoms with Crippen molar-refractivity contribution >= 4 is 42.2 Å². The molecule has 2 saturated heterocycles. The van der Waals surface area contributed by atoms with Gasteiger partial charge in [0.15, 0.2) is 0 Å². The van der Waals surface area contributed by atoms with Gasteiger partial charge in [-0.05, 0) is 41.9 Å². The first-order chi connectivity index (χ1) is 21.3. The third kappa shape index (κ3) is 8.51. The highest BCUT2D eigenvalue weighted by Gasteiger charge is 2.50. The molecule has 3 heterocycles. The van der Waals surface area contributed by atoms with E-state index in [0.717, 1.165) is 28.0 Å². The maximum atomic E-state index is 13.8. The van der Waals surface area contributed by atoms with E-state index in [0.29, 0.717) is 32.0 Å². The van der Waals surface area contributed by atoms with Gasteiger partial charge in [-0.15, -0.1) is 0 Å².